The van der Waals surface area contributed by atoms with Gasteiger partial charge >= 0.3 is 0 Å². The average molecular weight is 238 g/mol. The Balaban J connectivity index is 2.43. The van der Waals surface area contributed by atoms with Gasteiger partial charge in [0.2, 0.25) is 0 Å². The molecule has 1 N–H and O–H groups in total. The first-order chi connectivity index (χ1) is 8.04. The minimum absolute atomic E-state index is 0.0516. The molecule has 4 heteroatoms. The lowest BCUT2D eigenvalue weighted by atomic mass is 9.75. The van der Waals surface area contributed by atoms with Crippen LogP contribution in [0.1, 0.15) is 26.2 Å². The van der Waals surface area contributed by atoms with Crippen LogP contribution >= 0.6 is 0 Å². The standard InChI is InChI=1S/C13H26N4/c1-5-15-12(9-14)10-17(4)11-13(16(2)3)7-6-8-13/h12,15H,5-8,10-11H2,1-4H3. The van der Waals surface area contributed by atoms with E-state index in [2.05, 4.69) is 42.3 Å². The molecule has 0 saturated heterocycles. The molecule has 1 unspecified atom stereocenters. The summed E-state index contributed by atoms with van der Waals surface area (Å²) in [4.78, 5) is 4.64. The maximum Gasteiger partial charge on any atom is 0.108 e. The third-order valence-electron chi connectivity index (χ3n) is 3.90. The Hall–Kier alpha value is -0.630. The van der Waals surface area contributed by atoms with Crippen LogP contribution in [0.3, 0.4) is 0 Å². The minimum Gasteiger partial charge on any atom is -0.302 e. The highest BCUT2D eigenvalue weighted by atomic mass is 15.2. The monoisotopic (exact) mass is 238 g/mol. The van der Waals surface area contributed by atoms with E-state index in [1.807, 2.05) is 6.92 Å². The molecule has 0 aromatic heterocycles. The quantitative estimate of drug-likeness (QED) is 0.716. The van der Waals surface area contributed by atoms with Gasteiger partial charge in [0, 0.05) is 18.6 Å². The highest BCUT2D eigenvalue weighted by Crippen LogP contribution is 2.36. The molecular formula is C13H26N4. The predicted octanol–water partition coefficient (Wildman–Crippen LogP) is 0.904. The third-order valence-corrected chi connectivity index (χ3v) is 3.90. The normalized spacial score (nSPS) is 20.1. The van der Waals surface area contributed by atoms with Crippen molar-refractivity contribution in [1.82, 2.24) is 15.1 Å². The second-order valence-corrected chi connectivity index (χ2v) is 5.41. The number of nitrogens with zero attached hydrogens (tertiary/aromatic N) is 3. The minimum atomic E-state index is -0.0516. The molecule has 17 heavy (non-hydrogen) atoms. The Morgan fingerprint density at radius 2 is 2.00 bits per heavy atom. The van der Waals surface area contributed by atoms with Crippen molar-refractivity contribution >= 4 is 0 Å². The van der Waals surface area contributed by atoms with E-state index >= 15 is 0 Å². The Kier molecular flexibility index (Phi) is 5.38. The molecule has 0 bridgehead atoms. The maximum atomic E-state index is 9.04. The van der Waals surface area contributed by atoms with Gasteiger partial charge in [-0.15, -0.1) is 0 Å². The first-order valence-electron chi connectivity index (χ1n) is 6.53. The SMILES string of the molecule is CCNC(C#N)CN(C)CC1(N(C)C)CCC1. The summed E-state index contributed by atoms with van der Waals surface area (Å²) in [7, 11) is 6.45. The highest BCUT2D eigenvalue weighted by molar-refractivity contribution is 4.99. The van der Waals surface area contributed by atoms with Crippen molar-refractivity contribution in [3.8, 4) is 6.07 Å². The summed E-state index contributed by atoms with van der Waals surface area (Å²) in [6.07, 6.45) is 3.90. The molecule has 1 aliphatic rings. The van der Waals surface area contributed by atoms with Crippen molar-refractivity contribution in [1.29, 1.82) is 5.26 Å². The number of nitrogens with one attached hydrogen (secondary N) is 1. The molecule has 0 aromatic rings. The highest BCUT2D eigenvalue weighted by Gasteiger charge is 2.39. The van der Waals surface area contributed by atoms with Crippen molar-refractivity contribution < 1.29 is 0 Å². The van der Waals surface area contributed by atoms with Crippen LogP contribution in [0, 0.1) is 11.3 Å². The predicted molar refractivity (Wildman–Crippen MR) is 70.8 cm³/mol. The first kappa shape index (κ1) is 14.4. The van der Waals surface area contributed by atoms with Gasteiger partial charge in [-0.3, -0.25) is 0 Å². The van der Waals surface area contributed by atoms with Gasteiger partial charge in [0.1, 0.15) is 6.04 Å². The fourth-order valence-electron chi connectivity index (χ4n) is 2.61. The molecule has 0 heterocycles. The lowest BCUT2D eigenvalue weighted by Gasteiger charge is -2.49. The van der Waals surface area contributed by atoms with E-state index in [4.69, 9.17) is 5.26 Å². The summed E-state index contributed by atoms with van der Waals surface area (Å²) in [6, 6.07) is 2.27. The zero-order chi connectivity index (χ0) is 12.9. The molecule has 1 fully saturated rings. The molecule has 4 nitrogen and oxygen atoms in total. The van der Waals surface area contributed by atoms with Gasteiger partial charge in [0.25, 0.3) is 0 Å². The number of rotatable bonds is 7. The molecule has 98 valence electrons. The van der Waals surface area contributed by atoms with Gasteiger partial charge in [-0.2, -0.15) is 5.26 Å². The van der Waals surface area contributed by atoms with Gasteiger partial charge in [-0.05, 0) is 47.0 Å². The molecule has 1 rings (SSSR count). The Labute approximate surface area is 106 Å². The third kappa shape index (κ3) is 3.67. The molecule has 0 radical (unpaired) electrons. The summed E-state index contributed by atoms with van der Waals surface area (Å²) < 4.78 is 0. The van der Waals surface area contributed by atoms with E-state index in [9.17, 15) is 0 Å². The van der Waals surface area contributed by atoms with Crippen molar-refractivity contribution in [2.24, 2.45) is 0 Å². The van der Waals surface area contributed by atoms with E-state index in [-0.39, 0.29) is 6.04 Å². The van der Waals surface area contributed by atoms with Crippen LogP contribution in [-0.2, 0) is 0 Å². The largest absolute Gasteiger partial charge is 0.302 e. The van der Waals surface area contributed by atoms with Crippen LogP contribution in [0.4, 0.5) is 0 Å². The van der Waals surface area contributed by atoms with Gasteiger partial charge in [0.05, 0.1) is 6.07 Å². The van der Waals surface area contributed by atoms with Gasteiger partial charge < -0.3 is 15.1 Å². The second-order valence-electron chi connectivity index (χ2n) is 5.41. The van der Waals surface area contributed by atoms with Crippen molar-refractivity contribution in [2.45, 2.75) is 37.8 Å². The number of nitriles is 1. The number of likely N-dealkylation sites (N-methyl/N-ethyl adjacent to an activating group) is 3. The molecule has 0 amide bonds. The van der Waals surface area contributed by atoms with Gasteiger partial charge in [-0.1, -0.05) is 6.92 Å². The molecule has 1 aliphatic carbocycles. The summed E-state index contributed by atoms with van der Waals surface area (Å²) in [5.74, 6) is 0. The zero-order valence-corrected chi connectivity index (χ0v) is 11.7. The summed E-state index contributed by atoms with van der Waals surface area (Å²) in [5, 5.41) is 12.2. The fraction of sp³-hybridized carbons (Fsp3) is 0.923. The molecular weight excluding hydrogens is 212 g/mol. The van der Waals surface area contributed by atoms with Gasteiger partial charge in [-0.25, -0.2) is 0 Å². The lowest BCUT2D eigenvalue weighted by molar-refractivity contribution is 0.0269. The van der Waals surface area contributed by atoms with E-state index in [1.54, 1.807) is 0 Å². The van der Waals surface area contributed by atoms with Crippen LogP contribution in [0.5, 0.6) is 0 Å². The number of hydrogen-bond donors (Lipinski definition) is 1. The van der Waals surface area contributed by atoms with Crippen LogP contribution in [0.25, 0.3) is 0 Å². The molecule has 1 saturated carbocycles. The smallest absolute Gasteiger partial charge is 0.108 e. The summed E-state index contributed by atoms with van der Waals surface area (Å²) >= 11 is 0. The van der Waals surface area contributed by atoms with E-state index < -0.39 is 0 Å². The topological polar surface area (TPSA) is 42.3 Å². The van der Waals surface area contributed by atoms with Crippen molar-refractivity contribution in [3.63, 3.8) is 0 Å². The van der Waals surface area contributed by atoms with Crippen LogP contribution in [-0.4, -0.2) is 62.2 Å². The molecule has 0 spiro atoms. The summed E-state index contributed by atoms with van der Waals surface area (Å²) in [6.45, 7) is 4.76. The lowest BCUT2D eigenvalue weighted by Crippen LogP contribution is -2.57. The maximum absolute atomic E-state index is 9.04. The van der Waals surface area contributed by atoms with E-state index in [1.165, 1.54) is 19.3 Å². The van der Waals surface area contributed by atoms with Crippen molar-refractivity contribution in [3.05, 3.63) is 0 Å². The second kappa shape index (κ2) is 6.34. The van der Waals surface area contributed by atoms with Crippen LogP contribution in [0.2, 0.25) is 0 Å². The molecule has 0 aliphatic heterocycles. The molecule has 1 atom stereocenters. The molecule has 0 aromatic carbocycles. The van der Waals surface area contributed by atoms with Crippen molar-refractivity contribution in [2.75, 3.05) is 40.8 Å². The van der Waals surface area contributed by atoms with Gasteiger partial charge in [0.15, 0.2) is 0 Å². The number of hydrogen-bond acceptors (Lipinski definition) is 4. The Morgan fingerprint density at radius 1 is 1.35 bits per heavy atom. The van der Waals surface area contributed by atoms with E-state index in [0.29, 0.717) is 5.54 Å². The van der Waals surface area contributed by atoms with Crippen LogP contribution in [0.15, 0.2) is 0 Å². The van der Waals surface area contributed by atoms with E-state index in [0.717, 1.165) is 19.6 Å². The average Bonchev–Trinajstić information content (AvgIpc) is 2.22. The fourth-order valence-corrected chi connectivity index (χ4v) is 2.61. The Morgan fingerprint density at radius 3 is 2.35 bits per heavy atom. The van der Waals surface area contributed by atoms with Crippen LogP contribution < -0.4 is 5.32 Å². The summed E-state index contributed by atoms with van der Waals surface area (Å²) in [5.41, 5.74) is 0.348. The zero-order valence-electron chi connectivity index (χ0n) is 11.7. The first-order valence-corrected chi connectivity index (χ1v) is 6.53. The Bertz CT molecular complexity index is 265.